The van der Waals surface area contributed by atoms with Crippen LogP contribution < -0.4 is 5.46 Å². The number of carbonyl (C=O) groups is 2. The van der Waals surface area contributed by atoms with Crippen molar-refractivity contribution in [2.45, 2.75) is 120 Å². The third-order valence-electron chi connectivity index (χ3n) is 9.51. The number of hydrogen-bond acceptors (Lipinski definition) is 11. The van der Waals surface area contributed by atoms with E-state index in [1.165, 1.54) is 7.11 Å². The normalized spacial score (nSPS) is 12.6. The smallest absolute Gasteiger partial charge is 0.479 e. The first-order valence-electron chi connectivity index (χ1n) is 20.3. The molecular weight excluding hydrogens is 961 g/mol. The maximum atomic E-state index is 12.4. The van der Waals surface area contributed by atoms with Crippen LogP contribution >= 0.6 is 45.8 Å². The molecule has 338 valence electrons. The van der Waals surface area contributed by atoms with Crippen molar-refractivity contribution in [1.82, 2.24) is 29.5 Å². The van der Waals surface area contributed by atoms with Crippen LogP contribution in [0.5, 0.6) is 0 Å². The first kappa shape index (κ1) is 51.5. The number of aryl methyl sites for hydroxylation is 6. The number of esters is 1. The SMILES string of the molecule is CCn1nc(C)c2c(-c3ccc(Cl)cc3)c(C(OC(C)(C)C)C(=O)O)c(C)nc21.CCn1nc(C)c2c(I)c(C(OC(C)(C)C)C(=O)OC)c(C)nc21.OB(O)c1ccc(Cl)cc1. The lowest BCUT2D eigenvalue weighted by atomic mass is 9.81. The Morgan fingerprint density at radius 3 is 1.57 bits per heavy atom. The second-order valence-corrected chi connectivity index (χ2v) is 18.6. The van der Waals surface area contributed by atoms with E-state index < -0.39 is 42.5 Å². The number of hydrogen-bond donors (Lipinski definition) is 3. The molecule has 14 nitrogen and oxygen atoms in total. The molecule has 2 atom stereocenters. The quantitative estimate of drug-likeness (QED) is 0.0673. The minimum absolute atomic E-state index is 0.423. The standard InChI is InChI=1S/C22H26ClN3O3.C17H24IN3O3.C6H6BClO2/c1-7-26-20-17(13(3)25-26)18(14-8-10-15(23)11-9-14)16(12(2)24-20)19(21(27)28)29-22(4,5)6;1-8-21-15-12(10(3)20-21)13(18)11(9(2)19-15)14(16(22)23-7)24-17(4,5)6;8-6-3-1-5(2-4-6)7(9)10/h8-11,19H,7H2,1-6H3,(H,27,28);14H,8H2,1-7H3;1-4,9-10H. The summed E-state index contributed by atoms with van der Waals surface area (Å²) in [4.78, 5) is 34.1. The molecule has 0 aliphatic carbocycles. The van der Waals surface area contributed by atoms with Crippen molar-refractivity contribution in [2.24, 2.45) is 0 Å². The fourth-order valence-electron chi connectivity index (χ4n) is 6.85. The third kappa shape index (κ3) is 12.6. The molecule has 0 aliphatic rings. The first-order chi connectivity index (χ1) is 29.3. The maximum absolute atomic E-state index is 12.4. The number of ether oxygens (including phenoxy) is 3. The van der Waals surface area contributed by atoms with E-state index in [-0.39, 0.29) is 0 Å². The van der Waals surface area contributed by atoms with E-state index in [1.807, 2.05) is 105 Å². The first-order valence-corrected chi connectivity index (χ1v) is 22.1. The lowest BCUT2D eigenvalue weighted by Gasteiger charge is -2.28. The number of fused-ring (bicyclic) bond motifs is 2. The molecule has 0 saturated carbocycles. The molecule has 3 N–H and O–H groups in total. The molecule has 0 amide bonds. The Balaban J connectivity index is 0.000000230. The molecule has 4 heterocycles. The summed E-state index contributed by atoms with van der Waals surface area (Å²) in [6.45, 7) is 24.3. The van der Waals surface area contributed by atoms with Crippen molar-refractivity contribution in [3.8, 4) is 11.1 Å². The number of aliphatic carboxylic acids is 1. The van der Waals surface area contributed by atoms with Gasteiger partial charge in [0.05, 0.1) is 40.5 Å². The molecule has 0 saturated heterocycles. The molecule has 0 radical (unpaired) electrons. The molecule has 4 aromatic heterocycles. The Morgan fingerprint density at radius 1 is 0.714 bits per heavy atom. The molecule has 2 unspecified atom stereocenters. The van der Waals surface area contributed by atoms with E-state index in [4.69, 9.17) is 57.4 Å². The minimum Gasteiger partial charge on any atom is -0.479 e. The molecule has 0 spiro atoms. The zero-order chi connectivity index (χ0) is 47.3. The van der Waals surface area contributed by atoms with Gasteiger partial charge < -0.3 is 29.4 Å². The van der Waals surface area contributed by atoms with Gasteiger partial charge in [-0.1, -0.05) is 47.5 Å². The van der Waals surface area contributed by atoms with Gasteiger partial charge in [-0.2, -0.15) is 10.2 Å². The van der Waals surface area contributed by atoms with Crippen molar-refractivity contribution in [3.63, 3.8) is 0 Å². The van der Waals surface area contributed by atoms with E-state index in [0.717, 1.165) is 66.0 Å². The summed E-state index contributed by atoms with van der Waals surface area (Å²) in [5.41, 5.74) is 6.83. The number of methoxy groups -OCH3 is 1. The van der Waals surface area contributed by atoms with Crippen molar-refractivity contribution in [2.75, 3.05) is 7.11 Å². The molecule has 18 heteroatoms. The van der Waals surface area contributed by atoms with Crippen LogP contribution in [0.1, 0.15) is 102 Å². The second kappa shape index (κ2) is 21.2. The fraction of sp³-hybridized carbons (Fsp3) is 0.422. The van der Waals surface area contributed by atoms with Crippen LogP contribution in [-0.2, 0) is 36.9 Å². The average molecular weight is 1020 g/mol. The van der Waals surface area contributed by atoms with Gasteiger partial charge in [-0.15, -0.1) is 0 Å². The van der Waals surface area contributed by atoms with Crippen LogP contribution in [0, 0.1) is 31.3 Å². The maximum Gasteiger partial charge on any atom is 0.488 e. The van der Waals surface area contributed by atoms with E-state index in [2.05, 4.69) is 32.8 Å². The Labute approximate surface area is 392 Å². The number of carbonyl (C=O) groups excluding carboxylic acids is 1. The van der Waals surface area contributed by atoms with Gasteiger partial charge in [0.1, 0.15) is 0 Å². The minimum atomic E-state index is -1.41. The number of carboxylic acid groups (broad SMARTS) is 1. The Hall–Kier alpha value is -4.17. The number of aromatic nitrogens is 6. The summed E-state index contributed by atoms with van der Waals surface area (Å²) >= 11 is 13.9. The number of rotatable bonds is 10. The second-order valence-electron chi connectivity index (χ2n) is 16.6. The van der Waals surface area contributed by atoms with Crippen molar-refractivity contribution in [3.05, 3.63) is 96.0 Å². The van der Waals surface area contributed by atoms with Crippen LogP contribution in [0.25, 0.3) is 33.2 Å². The van der Waals surface area contributed by atoms with Gasteiger partial charge in [0.2, 0.25) is 0 Å². The van der Waals surface area contributed by atoms with Gasteiger partial charge in [-0.25, -0.2) is 28.9 Å². The highest BCUT2D eigenvalue weighted by Gasteiger charge is 2.35. The summed E-state index contributed by atoms with van der Waals surface area (Å²) in [7, 11) is -0.0344. The van der Waals surface area contributed by atoms with Crippen LogP contribution in [0.2, 0.25) is 10.0 Å². The summed E-state index contributed by atoms with van der Waals surface area (Å²) in [6.07, 6.45) is -1.98. The lowest BCUT2D eigenvalue weighted by molar-refractivity contribution is -0.164. The number of benzene rings is 2. The van der Waals surface area contributed by atoms with Crippen molar-refractivity contribution < 1.29 is 39.0 Å². The highest BCUT2D eigenvalue weighted by molar-refractivity contribution is 14.1. The molecule has 0 fully saturated rings. The van der Waals surface area contributed by atoms with Gasteiger partial charge in [0.15, 0.2) is 23.5 Å². The predicted molar refractivity (Wildman–Crippen MR) is 257 cm³/mol. The third-order valence-corrected chi connectivity index (χ3v) is 11.1. The fourth-order valence-corrected chi connectivity index (χ4v) is 8.41. The Kier molecular flexibility index (Phi) is 17.3. The van der Waals surface area contributed by atoms with Crippen LogP contribution in [0.3, 0.4) is 0 Å². The molecular formula is C45H56BCl2IN6O8. The Morgan fingerprint density at radius 2 is 1.14 bits per heavy atom. The van der Waals surface area contributed by atoms with Crippen LogP contribution in [-0.4, -0.2) is 82.1 Å². The predicted octanol–water partition coefficient (Wildman–Crippen LogP) is 9.05. The Bertz CT molecular complexity index is 2570. The lowest BCUT2D eigenvalue weighted by Crippen LogP contribution is -2.29. The van der Waals surface area contributed by atoms with Crippen LogP contribution in [0.15, 0.2) is 48.5 Å². The zero-order valence-corrected chi connectivity index (χ0v) is 41.6. The highest BCUT2D eigenvalue weighted by atomic mass is 127. The summed E-state index contributed by atoms with van der Waals surface area (Å²) in [5.74, 6) is -1.48. The molecule has 63 heavy (non-hydrogen) atoms. The molecule has 0 bridgehead atoms. The van der Waals surface area contributed by atoms with Crippen molar-refractivity contribution in [1.29, 1.82) is 0 Å². The van der Waals surface area contributed by atoms with E-state index in [1.54, 1.807) is 36.4 Å². The highest BCUT2D eigenvalue weighted by Crippen LogP contribution is 2.41. The topological polar surface area (TPSA) is 184 Å². The largest absolute Gasteiger partial charge is 0.488 e. The number of halogens is 3. The van der Waals surface area contributed by atoms with Crippen LogP contribution in [0.4, 0.5) is 0 Å². The summed E-state index contributed by atoms with van der Waals surface area (Å²) < 4.78 is 21.6. The average Bonchev–Trinajstić information content (AvgIpc) is 3.70. The van der Waals surface area contributed by atoms with E-state index in [0.29, 0.717) is 33.3 Å². The summed E-state index contributed by atoms with van der Waals surface area (Å²) in [6, 6.07) is 13.7. The van der Waals surface area contributed by atoms with Gasteiger partial charge in [-0.05, 0) is 141 Å². The summed E-state index contributed by atoms with van der Waals surface area (Å²) in [5, 5.41) is 39.4. The molecule has 6 aromatic rings. The molecule has 2 aromatic carbocycles. The molecule has 6 rings (SSSR count). The van der Waals surface area contributed by atoms with E-state index >= 15 is 0 Å². The van der Waals surface area contributed by atoms with Gasteiger partial charge in [0.25, 0.3) is 0 Å². The number of pyridine rings is 2. The van der Waals surface area contributed by atoms with Gasteiger partial charge >= 0.3 is 19.1 Å². The number of nitrogens with zero attached hydrogens (tertiary/aromatic N) is 6. The van der Waals surface area contributed by atoms with Crippen molar-refractivity contribution >= 4 is 92.4 Å². The van der Waals surface area contributed by atoms with Gasteiger partial charge in [-0.3, -0.25) is 0 Å². The number of carboxylic acids is 1. The zero-order valence-electron chi connectivity index (χ0n) is 38.0. The van der Waals surface area contributed by atoms with Gasteiger partial charge in [0, 0.05) is 54.8 Å². The van der Waals surface area contributed by atoms with E-state index in [9.17, 15) is 14.7 Å². The molecule has 0 aliphatic heterocycles. The monoisotopic (exact) mass is 1020 g/mol.